The van der Waals surface area contributed by atoms with Gasteiger partial charge in [-0.25, -0.2) is 0 Å². The second kappa shape index (κ2) is 11.8. The Balaban J connectivity index is 1.57. The number of hydrogen-bond acceptors (Lipinski definition) is 4. The van der Waals surface area contributed by atoms with Crippen LogP contribution in [-0.4, -0.2) is 41.5 Å². The van der Waals surface area contributed by atoms with Gasteiger partial charge in [-0.1, -0.05) is 32.9 Å². The van der Waals surface area contributed by atoms with E-state index in [0.717, 1.165) is 38.1 Å². The number of piperidine rings is 1. The summed E-state index contributed by atoms with van der Waals surface area (Å²) in [5.41, 5.74) is 1.61. The number of rotatable bonds is 7. The molecule has 1 heterocycles. The fourth-order valence-corrected chi connectivity index (χ4v) is 3.81. The number of thiocarbonyl (C=S) groups is 1. The first-order valence-corrected chi connectivity index (χ1v) is 12.0. The molecular formula is C26H33N3O3S. The van der Waals surface area contributed by atoms with Crippen molar-refractivity contribution in [3.05, 3.63) is 59.7 Å². The topological polar surface area (TPSA) is 70.7 Å². The summed E-state index contributed by atoms with van der Waals surface area (Å²) in [4.78, 5) is 27.5. The van der Waals surface area contributed by atoms with Crippen LogP contribution in [0.1, 0.15) is 60.7 Å². The second-order valence-corrected chi connectivity index (χ2v) is 9.39. The summed E-state index contributed by atoms with van der Waals surface area (Å²) in [6.07, 6.45) is 3.00. The Morgan fingerprint density at radius 3 is 2.42 bits per heavy atom. The highest BCUT2D eigenvalue weighted by Crippen LogP contribution is 2.22. The van der Waals surface area contributed by atoms with Crippen LogP contribution in [0, 0.1) is 11.8 Å². The van der Waals surface area contributed by atoms with E-state index in [0.29, 0.717) is 35.3 Å². The van der Waals surface area contributed by atoms with E-state index < -0.39 is 0 Å². The van der Waals surface area contributed by atoms with E-state index >= 15 is 0 Å². The fraction of sp³-hybridized carbons (Fsp3) is 0.423. The minimum Gasteiger partial charge on any atom is -0.494 e. The molecule has 1 saturated heterocycles. The van der Waals surface area contributed by atoms with Crippen molar-refractivity contribution in [1.29, 1.82) is 0 Å². The lowest BCUT2D eigenvalue weighted by molar-refractivity contribution is 0.0698. The van der Waals surface area contributed by atoms with E-state index in [-0.39, 0.29) is 16.9 Å². The summed E-state index contributed by atoms with van der Waals surface area (Å²) in [6, 6.07) is 14.2. The third kappa shape index (κ3) is 7.29. The van der Waals surface area contributed by atoms with Crippen LogP contribution in [0.5, 0.6) is 5.75 Å². The Bertz CT molecular complexity index is 967. The summed E-state index contributed by atoms with van der Waals surface area (Å²) in [5, 5.41) is 5.85. The van der Waals surface area contributed by atoms with Gasteiger partial charge in [0.1, 0.15) is 5.75 Å². The van der Waals surface area contributed by atoms with E-state index in [2.05, 4.69) is 31.4 Å². The molecule has 7 heteroatoms. The van der Waals surface area contributed by atoms with Gasteiger partial charge in [0, 0.05) is 18.7 Å². The molecule has 2 aromatic carbocycles. The molecule has 0 aliphatic carbocycles. The first kappa shape index (κ1) is 24.7. The highest BCUT2D eigenvalue weighted by molar-refractivity contribution is 7.80. The minimum absolute atomic E-state index is 0.0211. The molecule has 0 spiro atoms. The maximum Gasteiger partial charge on any atom is 0.257 e. The van der Waals surface area contributed by atoms with Gasteiger partial charge < -0.3 is 15.0 Å². The number of para-hydroxylation sites is 1. The molecule has 1 aliphatic rings. The van der Waals surface area contributed by atoms with Crippen molar-refractivity contribution in [2.24, 2.45) is 11.8 Å². The molecule has 3 rings (SSSR count). The third-order valence-electron chi connectivity index (χ3n) is 5.78. The summed E-state index contributed by atoms with van der Waals surface area (Å²) in [6.45, 7) is 8.67. The largest absolute Gasteiger partial charge is 0.494 e. The van der Waals surface area contributed by atoms with Gasteiger partial charge in [0.2, 0.25) is 0 Å². The number of benzene rings is 2. The highest BCUT2D eigenvalue weighted by Gasteiger charge is 2.23. The number of nitrogens with zero attached hydrogens (tertiary/aromatic N) is 1. The monoisotopic (exact) mass is 467 g/mol. The molecule has 0 saturated carbocycles. The Labute approximate surface area is 201 Å². The number of likely N-dealkylation sites (tertiary alicyclic amines) is 1. The van der Waals surface area contributed by atoms with Gasteiger partial charge in [0.25, 0.3) is 11.8 Å². The molecule has 2 aromatic rings. The number of amides is 2. The Morgan fingerprint density at radius 2 is 1.76 bits per heavy atom. The van der Waals surface area contributed by atoms with Crippen molar-refractivity contribution < 1.29 is 14.3 Å². The van der Waals surface area contributed by atoms with Gasteiger partial charge in [-0.2, -0.15) is 0 Å². The summed E-state index contributed by atoms with van der Waals surface area (Å²) in [5.74, 6) is 1.60. The molecule has 0 unspecified atom stereocenters. The summed E-state index contributed by atoms with van der Waals surface area (Å²) >= 11 is 5.35. The van der Waals surface area contributed by atoms with Crippen LogP contribution in [0.15, 0.2) is 48.5 Å². The normalized spacial score (nSPS) is 14.1. The first-order chi connectivity index (χ1) is 15.8. The lowest BCUT2D eigenvalue weighted by Gasteiger charge is -2.30. The van der Waals surface area contributed by atoms with E-state index in [1.165, 1.54) is 0 Å². The van der Waals surface area contributed by atoms with Crippen LogP contribution in [0.2, 0.25) is 0 Å². The number of ether oxygens (including phenoxy) is 1. The smallest absolute Gasteiger partial charge is 0.257 e. The van der Waals surface area contributed by atoms with Crippen LogP contribution >= 0.6 is 12.2 Å². The molecule has 176 valence electrons. The van der Waals surface area contributed by atoms with Crippen molar-refractivity contribution in [1.82, 2.24) is 10.2 Å². The van der Waals surface area contributed by atoms with E-state index in [1.54, 1.807) is 36.4 Å². The van der Waals surface area contributed by atoms with Crippen LogP contribution in [0.4, 0.5) is 5.69 Å². The molecule has 1 aliphatic heterocycles. The number of carbonyl (C=O) groups excluding carboxylic acids is 2. The van der Waals surface area contributed by atoms with Crippen molar-refractivity contribution in [2.75, 3.05) is 25.0 Å². The van der Waals surface area contributed by atoms with Crippen LogP contribution < -0.4 is 15.4 Å². The zero-order chi connectivity index (χ0) is 23.8. The van der Waals surface area contributed by atoms with E-state index in [1.807, 2.05) is 17.0 Å². The van der Waals surface area contributed by atoms with E-state index in [9.17, 15) is 9.59 Å². The SMILES string of the molecule is CC(C)CCOc1ccc(C(=O)NC(=S)Nc2ccccc2C(=O)N2CCC(C)CC2)cc1. The second-order valence-electron chi connectivity index (χ2n) is 8.98. The molecule has 0 aromatic heterocycles. The average molecular weight is 468 g/mol. The standard InChI is InChI=1S/C26H33N3O3S/c1-18(2)14-17-32-21-10-8-20(9-11-21)24(30)28-26(33)27-23-7-5-4-6-22(23)25(31)29-15-12-19(3)13-16-29/h4-11,18-19H,12-17H2,1-3H3,(H2,27,28,30,33). The lowest BCUT2D eigenvalue weighted by Crippen LogP contribution is -2.39. The predicted molar refractivity (Wildman–Crippen MR) is 136 cm³/mol. The van der Waals surface area contributed by atoms with E-state index in [4.69, 9.17) is 17.0 Å². The molecule has 0 bridgehead atoms. The maximum atomic E-state index is 13.0. The van der Waals surface area contributed by atoms with Gasteiger partial charge in [-0.15, -0.1) is 0 Å². The molecule has 2 amide bonds. The molecule has 2 N–H and O–H groups in total. The highest BCUT2D eigenvalue weighted by atomic mass is 32.1. The Hall–Kier alpha value is -2.93. The molecule has 33 heavy (non-hydrogen) atoms. The molecule has 1 fully saturated rings. The molecule has 6 nitrogen and oxygen atoms in total. The third-order valence-corrected chi connectivity index (χ3v) is 5.99. The number of hydrogen-bond donors (Lipinski definition) is 2. The predicted octanol–water partition coefficient (Wildman–Crippen LogP) is 5.11. The van der Waals surface area contributed by atoms with Gasteiger partial charge in [-0.05, 0) is 79.7 Å². The first-order valence-electron chi connectivity index (χ1n) is 11.6. The van der Waals surface area contributed by atoms with Gasteiger partial charge in [0.15, 0.2) is 5.11 Å². The maximum absolute atomic E-state index is 13.0. The fourth-order valence-electron chi connectivity index (χ4n) is 3.60. The zero-order valence-corrected chi connectivity index (χ0v) is 20.4. The van der Waals surface area contributed by atoms with Crippen LogP contribution in [-0.2, 0) is 0 Å². The lowest BCUT2D eigenvalue weighted by atomic mass is 9.98. The average Bonchev–Trinajstić information content (AvgIpc) is 2.79. The number of carbonyl (C=O) groups is 2. The molecular weight excluding hydrogens is 434 g/mol. The minimum atomic E-state index is -0.324. The van der Waals surface area contributed by atoms with Gasteiger partial charge in [0.05, 0.1) is 17.9 Å². The quantitative estimate of drug-likeness (QED) is 0.554. The van der Waals surface area contributed by atoms with Crippen molar-refractivity contribution in [3.8, 4) is 5.75 Å². The zero-order valence-electron chi connectivity index (χ0n) is 19.6. The summed E-state index contributed by atoms with van der Waals surface area (Å²) < 4.78 is 5.70. The Kier molecular flexibility index (Phi) is 8.83. The van der Waals surface area contributed by atoms with Crippen molar-refractivity contribution in [3.63, 3.8) is 0 Å². The van der Waals surface area contributed by atoms with Gasteiger partial charge in [-0.3, -0.25) is 14.9 Å². The molecule has 0 atom stereocenters. The number of nitrogens with one attached hydrogen (secondary N) is 2. The summed E-state index contributed by atoms with van der Waals surface area (Å²) in [7, 11) is 0. The van der Waals surface area contributed by atoms with Crippen molar-refractivity contribution >= 4 is 34.8 Å². The molecule has 0 radical (unpaired) electrons. The Morgan fingerprint density at radius 1 is 1.09 bits per heavy atom. The van der Waals surface area contributed by atoms with Gasteiger partial charge >= 0.3 is 0 Å². The van der Waals surface area contributed by atoms with Crippen LogP contribution in [0.3, 0.4) is 0 Å². The van der Waals surface area contributed by atoms with Crippen molar-refractivity contribution in [2.45, 2.75) is 40.0 Å². The van der Waals surface area contributed by atoms with Crippen LogP contribution in [0.25, 0.3) is 0 Å². The number of anilines is 1.